The SMILES string of the molecule is CC(CO)CCCNCC(C)(O)C(=O)O. The Bertz CT molecular complexity index is 194. The first kappa shape index (κ1) is 14.3. The molecule has 0 aromatic heterocycles. The first-order chi connectivity index (χ1) is 6.90. The van der Waals surface area contributed by atoms with Gasteiger partial charge in [0.1, 0.15) is 0 Å². The molecule has 0 aliphatic carbocycles. The molecule has 0 bridgehead atoms. The number of aliphatic hydroxyl groups is 2. The molecule has 0 aliphatic heterocycles. The zero-order valence-corrected chi connectivity index (χ0v) is 9.36. The van der Waals surface area contributed by atoms with Crippen LogP contribution in [-0.2, 0) is 4.79 Å². The van der Waals surface area contributed by atoms with E-state index in [0.717, 1.165) is 12.8 Å². The number of carboxylic acid groups (broad SMARTS) is 1. The number of aliphatic carboxylic acids is 1. The molecule has 0 heterocycles. The van der Waals surface area contributed by atoms with Crippen molar-refractivity contribution in [3.05, 3.63) is 0 Å². The van der Waals surface area contributed by atoms with Gasteiger partial charge in [-0.05, 0) is 32.2 Å². The van der Waals surface area contributed by atoms with Gasteiger partial charge in [-0.2, -0.15) is 0 Å². The van der Waals surface area contributed by atoms with Crippen LogP contribution in [0.3, 0.4) is 0 Å². The second-order valence-corrected chi connectivity index (χ2v) is 4.19. The van der Waals surface area contributed by atoms with Crippen LogP contribution in [0.15, 0.2) is 0 Å². The second kappa shape index (κ2) is 6.76. The van der Waals surface area contributed by atoms with Crippen molar-refractivity contribution in [1.29, 1.82) is 0 Å². The molecule has 0 aromatic rings. The van der Waals surface area contributed by atoms with E-state index in [1.165, 1.54) is 6.92 Å². The molecule has 0 rings (SSSR count). The first-order valence-electron chi connectivity index (χ1n) is 5.17. The third-order valence-corrected chi connectivity index (χ3v) is 2.29. The molecule has 0 saturated carbocycles. The van der Waals surface area contributed by atoms with Crippen LogP contribution in [0.5, 0.6) is 0 Å². The minimum Gasteiger partial charge on any atom is -0.479 e. The molecular formula is C10H21NO4. The van der Waals surface area contributed by atoms with Gasteiger partial charge in [0, 0.05) is 13.2 Å². The topological polar surface area (TPSA) is 89.8 Å². The van der Waals surface area contributed by atoms with Crippen LogP contribution in [0.25, 0.3) is 0 Å². The van der Waals surface area contributed by atoms with Gasteiger partial charge >= 0.3 is 5.97 Å². The molecule has 0 aromatic carbocycles. The molecule has 0 fully saturated rings. The smallest absolute Gasteiger partial charge is 0.336 e. The molecule has 0 aliphatic rings. The molecular weight excluding hydrogens is 198 g/mol. The van der Waals surface area contributed by atoms with E-state index >= 15 is 0 Å². The Morgan fingerprint density at radius 3 is 2.60 bits per heavy atom. The van der Waals surface area contributed by atoms with Gasteiger partial charge in [-0.3, -0.25) is 0 Å². The van der Waals surface area contributed by atoms with E-state index in [9.17, 15) is 9.90 Å². The van der Waals surface area contributed by atoms with Crippen molar-refractivity contribution in [2.24, 2.45) is 5.92 Å². The maximum atomic E-state index is 10.5. The van der Waals surface area contributed by atoms with Gasteiger partial charge in [0.2, 0.25) is 0 Å². The quantitative estimate of drug-likeness (QED) is 0.425. The summed E-state index contributed by atoms with van der Waals surface area (Å²) < 4.78 is 0. The van der Waals surface area contributed by atoms with Gasteiger partial charge in [-0.1, -0.05) is 6.92 Å². The third kappa shape index (κ3) is 6.43. The van der Waals surface area contributed by atoms with E-state index in [1.54, 1.807) is 0 Å². The fourth-order valence-corrected chi connectivity index (χ4v) is 1.07. The summed E-state index contributed by atoms with van der Waals surface area (Å²) in [5.41, 5.74) is -1.71. The Balaban J connectivity index is 3.51. The lowest BCUT2D eigenvalue weighted by atomic mass is 10.1. The Morgan fingerprint density at radius 2 is 2.13 bits per heavy atom. The molecule has 5 heteroatoms. The Morgan fingerprint density at radius 1 is 1.53 bits per heavy atom. The predicted molar refractivity (Wildman–Crippen MR) is 56.6 cm³/mol. The van der Waals surface area contributed by atoms with Gasteiger partial charge in [-0.15, -0.1) is 0 Å². The van der Waals surface area contributed by atoms with Crippen molar-refractivity contribution in [2.45, 2.75) is 32.3 Å². The second-order valence-electron chi connectivity index (χ2n) is 4.19. The van der Waals surface area contributed by atoms with E-state index in [2.05, 4.69) is 5.32 Å². The minimum absolute atomic E-state index is 0.0375. The molecule has 0 amide bonds. The van der Waals surface area contributed by atoms with Gasteiger partial charge in [0.05, 0.1) is 0 Å². The number of hydrogen-bond acceptors (Lipinski definition) is 4. The molecule has 15 heavy (non-hydrogen) atoms. The van der Waals surface area contributed by atoms with E-state index in [1.807, 2.05) is 6.92 Å². The van der Waals surface area contributed by atoms with E-state index in [4.69, 9.17) is 10.2 Å². The molecule has 2 atom stereocenters. The fraction of sp³-hybridized carbons (Fsp3) is 0.900. The van der Waals surface area contributed by atoms with Crippen molar-refractivity contribution in [3.8, 4) is 0 Å². The van der Waals surface area contributed by atoms with Crippen molar-refractivity contribution in [2.75, 3.05) is 19.7 Å². The van der Waals surface area contributed by atoms with Crippen LogP contribution in [0.2, 0.25) is 0 Å². The average Bonchev–Trinajstić information content (AvgIpc) is 2.16. The Labute approximate surface area is 90.1 Å². The lowest BCUT2D eigenvalue weighted by Crippen LogP contribution is -2.45. The van der Waals surface area contributed by atoms with E-state index < -0.39 is 11.6 Å². The largest absolute Gasteiger partial charge is 0.479 e. The number of hydrogen-bond donors (Lipinski definition) is 4. The Kier molecular flexibility index (Phi) is 6.47. The van der Waals surface area contributed by atoms with Crippen LogP contribution < -0.4 is 5.32 Å². The van der Waals surface area contributed by atoms with E-state index in [-0.39, 0.29) is 19.1 Å². The van der Waals surface area contributed by atoms with Crippen molar-refractivity contribution >= 4 is 5.97 Å². The zero-order chi connectivity index (χ0) is 11.9. The molecule has 0 saturated heterocycles. The monoisotopic (exact) mass is 219 g/mol. The minimum atomic E-state index is -1.71. The zero-order valence-electron chi connectivity index (χ0n) is 9.36. The van der Waals surface area contributed by atoms with Gasteiger partial charge < -0.3 is 20.6 Å². The summed E-state index contributed by atoms with van der Waals surface area (Å²) in [5.74, 6) is -0.953. The average molecular weight is 219 g/mol. The van der Waals surface area contributed by atoms with Crippen LogP contribution in [0.4, 0.5) is 0 Å². The number of rotatable bonds is 8. The summed E-state index contributed by atoms with van der Waals surface area (Å²) in [5, 5.41) is 29.6. The molecule has 0 radical (unpaired) electrons. The van der Waals surface area contributed by atoms with Gasteiger partial charge in [0.15, 0.2) is 5.60 Å². The highest BCUT2D eigenvalue weighted by atomic mass is 16.4. The highest BCUT2D eigenvalue weighted by molar-refractivity contribution is 5.76. The lowest BCUT2D eigenvalue weighted by molar-refractivity contribution is -0.156. The highest BCUT2D eigenvalue weighted by Crippen LogP contribution is 2.04. The maximum Gasteiger partial charge on any atom is 0.336 e. The molecule has 4 N–H and O–H groups in total. The van der Waals surface area contributed by atoms with Crippen LogP contribution >= 0.6 is 0 Å². The predicted octanol–water partition coefficient (Wildman–Crippen LogP) is -0.180. The number of carboxylic acids is 1. The summed E-state index contributed by atoms with van der Waals surface area (Å²) >= 11 is 0. The highest BCUT2D eigenvalue weighted by Gasteiger charge is 2.28. The van der Waals surface area contributed by atoms with Crippen LogP contribution in [-0.4, -0.2) is 46.6 Å². The molecule has 2 unspecified atom stereocenters. The summed E-state index contributed by atoms with van der Waals surface area (Å²) in [6, 6.07) is 0. The standard InChI is InChI=1S/C10H21NO4/c1-8(6-12)4-3-5-11-7-10(2,15)9(13)14/h8,11-12,15H,3-7H2,1-2H3,(H,13,14). The number of aliphatic hydroxyl groups excluding tert-OH is 1. The molecule has 0 spiro atoms. The molecule has 5 nitrogen and oxygen atoms in total. The third-order valence-electron chi connectivity index (χ3n) is 2.29. The first-order valence-corrected chi connectivity index (χ1v) is 5.17. The van der Waals surface area contributed by atoms with Crippen molar-refractivity contribution in [3.63, 3.8) is 0 Å². The van der Waals surface area contributed by atoms with Crippen LogP contribution in [0, 0.1) is 5.92 Å². The van der Waals surface area contributed by atoms with Crippen LogP contribution in [0.1, 0.15) is 26.7 Å². The fourth-order valence-electron chi connectivity index (χ4n) is 1.07. The van der Waals surface area contributed by atoms with Crippen molar-refractivity contribution < 1.29 is 20.1 Å². The normalized spacial score (nSPS) is 17.1. The maximum absolute atomic E-state index is 10.5. The number of carbonyl (C=O) groups is 1. The summed E-state index contributed by atoms with van der Waals surface area (Å²) in [4.78, 5) is 10.5. The van der Waals surface area contributed by atoms with E-state index in [0.29, 0.717) is 6.54 Å². The van der Waals surface area contributed by atoms with Crippen molar-refractivity contribution in [1.82, 2.24) is 5.32 Å². The number of nitrogens with one attached hydrogen (secondary N) is 1. The lowest BCUT2D eigenvalue weighted by Gasteiger charge is -2.18. The summed E-state index contributed by atoms with van der Waals surface area (Å²) in [7, 11) is 0. The molecule has 90 valence electrons. The van der Waals surface area contributed by atoms with Gasteiger partial charge in [0.25, 0.3) is 0 Å². The summed E-state index contributed by atoms with van der Waals surface area (Å²) in [6.07, 6.45) is 1.75. The Hall–Kier alpha value is -0.650. The summed E-state index contributed by atoms with van der Waals surface area (Å²) in [6.45, 7) is 4.07. The van der Waals surface area contributed by atoms with Gasteiger partial charge in [-0.25, -0.2) is 4.79 Å².